The number of hydrogen-bond acceptors (Lipinski definition) is 1. The number of rotatable bonds is 9. The lowest BCUT2D eigenvalue weighted by molar-refractivity contribution is 0.257. The van der Waals surface area contributed by atoms with Crippen LogP contribution in [0.5, 0.6) is 0 Å². The van der Waals surface area contributed by atoms with Crippen LogP contribution >= 0.6 is 11.6 Å². The van der Waals surface area contributed by atoms with Crippen LogP contribution < -0.4 is 0 Å². The molecule has 0 amide bonds. The van der Waals surface area contributed by atoms with Gasteiger partial charge in [-0.2, -0.15) is 0 Å². The van der Waals surface area contributed by atoms with E-state index in [1.165, 1.54) is 58.0 Å². The summed E-state index contributed by atoms with van der Waals surface area (Å²) in [6.07, 6.45) is 9.43. The number of unbranched alkanes of at least 4 members (excludes halogenated alkanes) is 3. The summed E-state index contributed by atoms with van der Waals surface area (Å²) in [5.74, 6) is 0.835. The molecule has 0 heterocycles. The molecule has 1 aliphatic rings. The van der Waals surface area contributed by atoms with Crippen LogP contribution in [0.4, 0.5) is 0 Å². The summed E-state index contributed by atoms with van der Waals surface area (Å²) < 4.78 is 0. The van der Waals surface area contributed by atoms with E-state index in [4.69, 9.17) is 11.6 Å². The molecule has 0 radical (unpaired) electrons. The molecule has 0 saturated heterocycles. The van der Waals surface area contributed by atoms with E-state index >= 15 is 0 Å². The van der Waals surface area contributed by atoms with Gasteiger partial charge in [-0.25, -0.2) is 0 Å². The molecular formula is C12H24ClN. The van der Waals surface area contributed by atoms with E-state index in [0.717, 1.165) is 11.9 Å². The number of nitrogens with zero attached hydrogens (tertiary/aromatic N) is 1. The smallest absolute Gasteiger partial charge is 0.0223 e. The van der Waals surface area contributed by atoms with E-state index in [9.17, 15) is 0 Å². The molecule has 0 unspecified atom stereocenters. The van der Waals surface area contributed by atoms with Crippen LogP contribution in [0, 0.1) is 0 Å². The first-order valence-electron chi connectivity index (χ1n) is 6.18. The van der Waals surface area contributed by atoms with Gasteiger partial charge in [0, 0.05) is 11.9 Å². The molecular weight excluding hydrogens is 194 g/mol. The summed E-state index contributed by atoms with van der Waals surface area (Å²) in [4.78, 5) is 2.68. The Morgan fingerprint density at radius 2 is 1.79 bits per heavy atom. The Morgan fingerprint density at radius 3 is 2.36 bits per heavy atom. The number of alkyl halides is 1. The highest BCUT2D eigenvalue weighted by atomic mass is 35.5. The molecule has 0 aromatic carbocycles. The van der Waals surface area contributed by atoms with Crippen LogP contribution in [0.15, 0.2) is 0 Å². The predicted octanol–water partition coefficient (Wildman–Crippen LogP) is 3.66. The van der Waals surface area contributed by atoms with Gasteiger partial charge in [0.05, 0.1) is 0 Å². The maximum absolute atomic E-state index is 5.64. The molecule has 84 valence electrons. The summed E-state index contributed by atoms with van der Waals surface area (Å²) >= 11 is 5.64. The molecule has 0 aliphatic heterocycles. The SMILES string of the molecule is CCCN(CCCCCCCl)C1CC1. The normalized spacial score (nSPS) is 16.5. The first-order chi connectivity index (χ1) is 6.88. The van der Waals surface area contributed by atoms with Crippen molar-refractivity contribution in [2.75, 3.05) is 19.0 Å². The Morgan fingerprint density at radius 1 is 1.07 bits per heavy atom. The van der Waals surface area contributed by atoms with Crippen molar-refractivity contribution in [3.8, 4) is 0 Å². The topological polar surface area (TPSA) is 3.24 Å². The summed E-state index contributed by atoms with van der Waals surface area (Å²) in [5.41, 5.74) is 0. The molecule has 1 saturated carbocycles. The van der Waals surface area contributed by atoms with Crippen molar-refractivity contribution < 1.29 is 0 Å². The van der Waals surface area contributed by atoms with Crippen LogP contribution in [0.3, 0.4) is 0 Å². The van der Waals surface area contributed by atoms with Gasteiger partial charge in [0.2, 0.25) is 0 Å². The highest BCUT2D eigenvalue weighted by Gasteiger charge is 2.27. The highest BCUT2D eigenvalue weighted by molar-refractivity contribution is 6.17. The minimum Gasteiger partial charge on any atom is -0.300 e. The third kappa shape index (κ3) is 5.21. The van der Waals surface area contributed by atoms with E-state index in [1.54, 1.807) is 0 Å². The fraction of sp³-hybridized carbons (Fsp3) is 1.00. The lowest BCUT2D eigenvalue weighted by Gasteiger charge is -2.20. The molecule has 0 atom stereocenters. The lowest BCUT2D eigenvalue weighted by atomic mass is 10.2. The molecule has 0 N–H and O–H groups in total. The monoisotopic (exact) mass is 217 g/mol. The quantitative estimate of drug-likeness (QED) is 0.421. The van der Waals surface area contributed by atoms with Gasteiger partial charge in [-0.3, -0.25) is 0 Å². The van der Waals surface area contributed by atoms with Crippen molar-refractivity contribution in [1.29, 1.82) is 0 Å². The number of hydrogen-bond donors (Lipinski definition) is 0. The molecule has 0 aromatic rings. The molecule has 1 aliphatic carbocycles. The van der Waals surface area contributed by atoms with Gasteiger partial charge in [0.25, 0.3) is 0 Å². The Labute approximate surface area is 93.8 Å². The lowest BCUT2D eigenvalue weighted by Crippen LogP contribution is -2.27. The summed E-state index contributed by atoms with van der Waals surface area (Å²) in [6.45, 7) is 4.91. The maximum atomic E-state index is 5.64. The summed E-state index contributed by atoms with van der Waals surface area (Å²) in [6, 6.07) is 0.947. The number of halogens is 1. The molecule has 1 fully saturated rings. The second-order valence-corrected chi connectivity index (χ2v) is 4.75. The average Bonchev–Trinajstić information content (AvgIpc) is 2.99. The zero-order valence-electron chi connectivity index (χ0n) is 9.47. The molecule has 14 heavy (non-hydrogen) atoms. The Balaban J connectivity index is 1.96. The van der Waals surface area contributed by atoms with Gasteiger partial charge >= 0.3 is 0 Å². The van der Waals surface area contributed by atoms with Gasteiger partial charge in [-0.1, -0.05) is 19.8 Å². The van der Waals surface area contributed by atoms with Gasteiger partial charge in [0.1, 0.15) is 0 Å². The van der Waals surface area contributed by atoms with Gasteiger partial charge < -0.3 is 4.90 Å². The maximum Gasteiger partial charge on any atom is 0.0223 e. The van der Waals surface area contributed by atoms with Crippen molar-refractivity contribution in [2.45, 2.75) is 57.9 Å². The van der Waals surface area contributed by atoms with E-state index in [2.05, 4.69) is 11.8 Å². The fourth-order valence-electron chi connectivity index (χ4n) is 1.97. The first kappa shape index (κ1) is 12.3. The molecule has 1 rings (SSSR count). The predicted molar refractivity (Wildman–Crippen MR) is 64.1 cm³/mol. The van der Waals surface area contributed by atoms with Crippen LogP contribution in [0.2, 0.25) is 0 Å². The minimum absolute atomic E-state index is 0.835. The van der Waals surface area contributed by atoms with E-state index in [0.29, 0.717) is 0 Å². The molecule has 2 heteroatoms. The standard InChI is InChI=1S/C12H24ClN/c1-2-10-14(12-7-8-12)11-6-4-3-5-9-13/h12H,2-11H2,1H3. The zero-order chi connectivity index (χ0) is 10.2. The van der Waals surface area contributed by atoms with Gasteiger partial charge in [0.15, 0.2) is 0 Å². The van der Waals surface area contributed by atoms with Crippen molar-refractivity contribution in [3.63, 3.8) is 0 Å². The van der Waals surface area contributed by atoms with Crippen LogP contribution in [0.25, 0.3) is 0 Å². The van der Waals surface area contributed by atoms with Gasteiger partial charge in [-0.05, 0) is 45.2 Å². The zero-order valence-corrected chi connectivity index (χ0v) is 10.2. The van der Waals surface area contributed by atoms with E-state index < -0.39 is 0 Å². The first-order valence-corrected chi connectivity index (χ1v) is 6.72. The Kier molecular flexibility index (Phi) is 6.63. The third-order valence-electron chi connectivity index (χ3n) is 2.90. The molecule has 0 aromatic heterocycles. The second kappa shape index (κ2) is 7.53. The average molecular weight is 218 g/mol. The Bertz CT molecular complexity index is 134. The van der Waals surface area contributed by atoms with Gasteiger partial charge in [-0.15, -0.1) is 11.6 Å². The minimum atomic E-state index is 0.835. The largest absolute Gasteiger partial charge is 0.300 e. The van der Waals surface area contributed by atoms with Crippen LogP contribution in [-0.2, 0) is 0 Å². The summed E-state index contributed by atoms with van der Waals surface area (Å²) in [5, 5.41) is 0. The van der Waals surface area contributed by atoms with Crippen molar-refractivity contribution in [2.24, 2.45) is 0 Å². The summed E-state index contributed by atoms with van der Waals surface area (Å²) in [7, 11) is 0. The molecule has 1 nitrogen and oxygen atoms in total. The fourth-order valence-corrected chi connectivity index (χ4v) is 2.16. The molecule has 0 bridgehead atoms. The van der Waals surface area contributed by atoms with Crippen molar-refractivity contribution >= 4 is 11.6 Å². The van der Waals surface area contributed by atoms with Crippen molar-refractivity contribution in [3.05, 3.63) is 0 Å². The van der Waals surface area contributed by atoms with E-state index in [-0.39, 0.29) is 0 Å². The van der Waals surface area contributed by atoms with Crippen molar-refractivity contribution in [1.82, 2.24) is 4.90 Å². The molecule has 0 spiro atoms. The van der Waals surface area contributed by atoms with Crippen LogP contribution in [-0.4, -0.2) is 29.9 Å². The highest BCUT2D eigenvalue weighted by Crippen LogP contribution is 2.27. The third-order valence-corrected chi connectivity index (χ3v) is 3.17. The van der Waals surface area contributed by atoms with E-state index in [1.807, 2.05) is 0 Å². The second-order valence-electron chi connectivity index (χ2n) is 4.37. The Hall–Kier alpha value is 0.250. The van der Waals surface area contributed by atoms with Crippen LogP contribution in [0.1, 0.15) is 51.9 Å².